The van der Waals surface area contributed by atoms with Crippen LogP contribution < -0.4 is 11.1 Å². The molecule has 0 aromatic carbocycles. The van der Waals surface area contributed by atoms with Gasteiger partial charge in [0.2, 0.25) is 0 Å². The number of nitrogens with zero attached hydrogens (tertiary/aromatic N) is 1. The molecule has 6 heteroatoms. The van der Waals surface area contributed by atoms with E-state index in [4.69, 9.17) is 10.5 Å². The first kappa shape index (κ1) is 17.1. The van der Waals surface area contributed by atoms with Crippen molar-refractivity contribution in [3.8, 4) is 0 Å². The number of nitrogen functional groups attached to an aromatic ring is 1. The summed E-state index contributed by atoms with van der Waals surface area (Å²) in [5.74, 6) is -0.475. The summed E-state index contributed by atoms with van der Waals surface area (Å²) in [6.45, 7) is 6.70. The number of carbonyl (C=O) groups is 2. The van der Waals surface area contributed by atoms with Gasteiger partial charge in [-0.2, -0.15) is 0 Å². The van der Waals surface area contributed by atoms with Gasteiger partial charge < -0.3 is 20.4 Å². The normalized spacial score (nSPS) is 12.2. The molecule has 1 rings (SSSR count). The Morgan fingerprint density at radius 1 is 1.43 bits per heavy atom. The van der Waals surface area contributed by atoms with Gasteiger partial charge >= 0.3 is 5.97 Å². The zero-order chi connectivity index (χ0) is 16.0. The minimum atomic E-state index is -0.645. The van der Waals surface area contributed by atoms with Crippen LogP contribution in [-0.2, 0) is 16.1 Å². The van der Waals surface area contributed by atoms with E-state index in [-0.39, 0.29) is 11.8 Å². The summed E-state index contributed by atoms with van der Waals surface area (Å²) < 4.78 is 6.55. The first-order valence-electron chi connectivity index (χ1n) is 7.23. The fourth-order valence-corrected chi connectivity index (χ4v) is 2.21. The summed E-state index contributed by atoms with van der Waals surface area (Å²) in [4.78, 5) is 24.1. The maximum absolute atomic E-state index is 12.4. The molecule has 0 spiro atoms. The highest BCUT2D eigenvalue weighted by Gasteiger charge is 2.24. The molecule has 1 amide bonds. The zero-order valence-electron chi connectivity index (χ0n) is 13.2. The summed E-state index contributed by atoms with van der Waals surface area (Å²) in [5, 5.41) is 2.74. The monoisotopic (exact) mass is 295 g/mol. The minimum Gasteiger partial charge on any atom is -0.467 e. The van der Waals surface area contributed by atoms with Gasteiger partial charge in [0.15, 0.2) is 0 Å². The van der Waals surface area contributed by atoms with E-state index in [1.165, 1.54) is 7.11 Å². The average Bonchev–Trinajstić information content (AvgIpc) is 2.78. The Morgan fingerprint density at radius 3 is 2.62 bits per heavy atom. The fraction of sp³-hybridized carbons (Fsp3) is 0.600. The van der Waals surface area contributed by atoms with E-state index >= 15 is 0 Å². The van der Waals surface area contributed by atoms with Crippen LogP contribution in [0.15, 0.2) is 12.3 Å². The second-order valence-electron chi connectivity index (χ2n) is 5.53. The van der Waals surface area contributed by atoms with Gasteiger partial charge in [0.1, 0.15) is 11.7 Å². The molecule has 6 nitrogen and oxygen atoms in total. The van der Waals surface area contributed by atoms with Crippen molar-refractivity contribution in [2.24, 2.45) is 5.92 Å². The summed E-state index contributed by atoms with van der Waals surface area (Å²) >= 11 is 0. The van der Waals surface area contributed by atoms with Crippen molar-refractivity contribution >= 4 is 17.6 Å². The number of esters is 1. The van der Waals surface area contributed by atoms with Gasteiger partial charge in [0, 0.05) is 12.7 Å². The van der Waals surface area contributed by atoms with Crippen molar-refractivity contribution in [1.82, 2.24) is 9.88 Å². The Morgan fingerprint density at radius 2 is 2.10 bits per heavy atom. The number of carbonyl (C=O) groups excluding carboxylic acids is 2. The molecule has 0 bridgehead atoms. The fourth-order valence-electron chi connectivity index (χ4n) is 2.21. The molecule has 0 aliphatic carbocycles. The predicted octanol–water partition coefficient (Wildman–Crippen LogP) is 1.80. The SMILES string of the molecule is CCCn1cc(N)cc1C(=O)NC(CC(C)C)C(=O)OC. The third-order valence-electron chi connectivity index (χ3n) is 3.11. The van der Waals surface area contributed by atoms with Crippen LogP contribution in [0.1, 0.15) is 44.1 Å². The number of hydrogen-bond acceptors (Lipinski definition) is 4. The molecule has 0 aliphatic rings. The summed E-state index contributed by atoms with van der Waals surface area (Å²) in [6.07, 6.45) is 3.15. The maximum Gasteiger partial charge on any atom is 0.328 e. The maximum atomic E-state index is 12.4. The Hall–Kier alpha value is -1.98. The van der Waals surface area contributed by atoms with Gasteiger partial charge in [-0.05, 0) is 24.8 Å². The first-order chi connectivity index (χ1) is 9.88. The van der Waals surface area contributed by atoms with Crippen molar-refractivity contribution < 1.29 is 14.3 Å². The number of nitrogens with one attached hydrogen (secondary N) is 1. The number of nitrogens with two attached hydrogens (primary N) is 1. The van der Waals surface area contributed by atoms with Crippen LogP contribution in [0, 0.1) is 5.92 Å². The minimum absolute atomic E-state index is 0.266. The Labute approximate surface area is 125 Å². The number of aromatic nitrogens is 1. The first-order valence-corrected chi connectivity index (χ1v) is 7.23. The molecule has 1 aromatic rings. The van der Waals surface area contributed by atoms with Gasteiger partial charge in [-0.1, -0.05) is 20.8 Å². The molecule has 1 unspecified atom stereocenters. The summed E-state index contributed by atoms with van der Waals surface area (Å²) in [7, 11) is 1.32. The van der Waals surface area contributed by atoms with Crippen LogP contribution in [0.3, 0.4) is 0 Å². The molecule has 21 heavy (non-hydrogen) atoms. The number of methoxy groups -OCH3 is 1. The van der Waals surface area contributed by atoms with E-state index < -0.39 is 12.0 Å². The van der Waals surface area contributed by atoms with Crippen molar-refractivity contribution in [2.45, 2.75) is 46.2 Å². The van der Waals surface area contributed by atoms with E-state index in [1.807, 2.05) is 20.8 Å². The van der Waals surface area contributed by atoms with Gasteiger partial charge in [-0.25, -0.2) is 4.79 Å². The highest BCUT2D eigenvalue weighted by atomic mass is 16.5. The number of rotatable bonds is 7. The predicted molar refractivity (Wildman–Crippen MR) is 81.9 cm³/mol. The van der Waals surface area contributed by atoms with Crippen LogP contribution in [-0.4, -0.2) is 29.6 Å². The van der Waals surface area contributed by atoms with E-state index in [2.05, 4.69) is 5.32 Å². The summed E-state index contributed by atoms with van der Waals surface area (Å²) in [5.41, 5.74) is 6.75. The molecule has 0 fully saturated rings. The number of aryl methyl sites for hydroxylation is 1. The Kier molecular flexibility index (Phi) is 6.27. The number of ether oxygens (including phenoxy) is 1. The van der Waals surface area contributed by atoms with Crippen molar-refractivity contribution in [3.63, 3.8) is 0 Å². The van der Waals surface area contributed by atoms with Crippen LogP contribution >= 0.6 is 0 Å². The lowest BCUT2D eigenvalue weighted by atomic mass is 10.0. The molecule has 3 N–H and O–H groups in total. The van der Waals surface area contributed by atoms with E-state index in [0.717, 1.165) is 6.42 Å². The van der Waals surface area contributed by atoms with Crippen LogP contribution in [0.5, 0.6) is 0 Å². The summed E-state index contributed by atoms with van der Waals surface area (Å²) in [6, 6.07) is 0.975. The molecule has 0 saturated heterocycles. The lowest BCUT2D eigenvalue weighted by molar-refractivity contribution is -0.143. The van der Waals surface area contributed by atoms with E-state index in [1.54, 1.807) is 16.8 Å². The molecular weight excluding hydrogens is 270 g/mol. The molecular formula is C15H25N3O3. The van der Waals surface area contributed by atoms with Gasteiger partial charge in [-0.15, -0.1) is 0 Å². The molecule has 0 saturated carbocycles. The van der Waals surface area contributed by atoms with E-state index in [9.17, 15) is 9.59 Å². The zero-order valence-corrected chi connectivity index (χ0v) is 13.2. The molecule has 1 atom stereocenters. The van der Waals surface area contributed by atoms with Crippen molar-refractivity contribution in [2.75, 3.05) is 12.8 Å². The van der Waals surface area contributed by atoms with Crippen LogP contribution in [0.25, 0.3) is 0 Å². The molecule has 1 heterocycles. The second kappa shape index (κ2) is 7.71. The number of anilines is 1. The largest absolute Gasteiger partial charge is 0.467 e. The van der Waals surface area contributed by atoms with Crippen LogP contribution in [0.2, 0.25) is 0 Å². The van der Waals surface area contributed by atoms with Crippen molar-refractivity contribution in [3.05, 3.63) is 18.0 Å². The van der Waals surface area contributed by atoms with E-state index in [0.29, 0.717) is 24.3 Å². The Bertz CT molecular complexity index is 494. The topological polar surface area (TPSA) is 86.4 Å². The molecule has 0 aliphatic heterocycles. The highest BCUT2D eigenvalue weighted by Crippen LogP contribution is 2.13. The lowest BCUT2D eigenvalue weighted by Crippen LogP contribution is -2.43. The molecule has 118 valence electrons. The van der Waals surface area contributed by atoms with Crippen LogP contribution in [0.4, 0.5) is 5.69 Å². The third kappa shape index (κ3) is 4.81. The Balaban J connectivity index is 2.88. The average molecular weight is 295 g/mol. The second-order valence-corrected chi connectivity index (χ2v) is 5.53. The van der Waals surface area contributed by atoms with Gasteiger partial charge in [0.25, 0.3) is 5.91 Å². The highest BCUT2D eigenvalue weighted by molar-refractivity contribution is 5.96. The van der Waals surface area contributed by atoms with Crippen molar-refractivity contribution in [1.29, 1.82) is 0 Å². The standard InChI is InChI=1S/C15H25N3O3/c1-5-6-18-9-11(16)8-13(18)14(19)17-12(7-10(2)3)15(20)21-4/h8-10,12H,5-7,16H2,1-4H3,(H,17,19). The molecule has 0 radical (unpaired) electrons. The van der Waals surface area contributed by atoms with Gasteiger partial charge in [0.05, 0.1) is 12.8 Å². The third-order valence-corrected chi connectivity index (χ3v) is 3.11. The lowest BCUT2D eigenvalue weighted by Gasteiger charge is -2.18. The molecule has 1 aromatic heterocycles. The smallest absolute Gasteiger partial charge is 0.328 e. The number of hydrogen-bond donors (Lipinski definition) is 2. The van der Waals surface area contributed by atoms with Gasteiger partial charge in [-0.3, -0.25) is 4.79 Å². The number of amides is 1. The quantitative estimate of drug-likeness (QED) is 0.751.